The number of halogens is 2. The second-order valence-corrected chi connectivity index (χ2v) is 13.1. The monoisotopic (exact) mass is 640 g/mol. The molecule has 3 aromatic rings. The van der Waals surface area contributed by atoms with Crippen LogP contribution in [0.5, 0.6) is 0 Å². The Labute approximate surface area is 266 Å². The van der Waals surface area contributed by atoms with E-state index in [4.69, 9.17) is 19.4 Å². The van der Waals surface area contributed by atoms with E-state index in [2.05, 4.69) is 15.6 Å². The molecule has 1 saturated carbocycles. The highest BCUT2D eigenvalue weighted by Crippen LogP contribution is 2.30. The Morgan fingerprint density at radius 1 is 0.978 bits per heavy atom. The van der Waals surface area contributed by atoms with Crippen molar-refractivity contribution in [3.8, 4) is 5.82 Å². The molecule has 12 nitrogen and oxygen atoms in total. The van der Waals surface area contributed by atoms with Gasteiger partial charge in [0.25, 0.3) is 6.43 Å². The zero-order valence-corrected chi connectivity index (χ0v) is 26.5. The Morgan fingerprint density at radius 2 is 1.70 bits per heavy atom. The fraction of sp³-hybridized carbons (Fsp3) is 0.594. The van der Waals surface area contributed by atoms with Gasteiger partial charge in [-0.05, 0) is 71.4 Å². The topological polar surface area (TPSA) is 127 Å². The van der Waals surface area contributed by atoms with Crippen LogP contribution in [-0.2, 0) is 14.3 Å². The van der Waals surface area contributed by atoms with Crippen LogP contribution in [0.15, 0.2) is 30.3 Å². The van der Waals surface area contributed by atoms with E-state index in [1.807, 2.05) is 25.7 Å². The molecule has 4 heterocycles. The molecule has 2 saturated heterocycles. The maximum Gasteiger partial charge on any atom is 0.410 e. The lowest BCUT2D eigenvalue weighted by Gasteiger charge is -2.33. The van der Waals surface area contributed by atoms with Crippen LogP contribution in [0.3, 0.4) is 0 Å². The molecule has 14 heteroatoms. The van der Waals surface area contributed by atoms with Gasteiger partial charge in [-0.2, -0.15) is 9.97 Å². The SMILES string of the molecule is CC(C)(C)OC(=O)N1CCC[C@H]1C(=O)N[C@H]1CC[C@H](Nc2cc(-n3c(C(F)F)nc4ccccc43)nc(N3CCOCC3)n2)CC1. The van der Waals surface area contributed by atoms with Crippen LogP contribution in [0.1, 0.15) is 71.5 Å². The van der Waals surface area contributed by atoms with Gasteiger partial charge in [-0.25, -0.2) is 18.6 Å². The predicted octanol–water partition coefficient (Wildman–Crippen LogP) is 4.83. The summed E-state index contributed by atoms with van der Waals surface area (Å²) in [6, 6.07) is 8.24. The number of carbonyl (C=O) groups is 2. The largest absolute Gasteiger partial charge is 0.444 e. The van der Waals surface area contributed by atoms with Gasteiger partial charge < -0.3 is 25.0 Å². The molecule has 0 radical (unpaired) electrons. The minimum atomic E-state index is -2.79. The summed E-state index contributed by atoms with van der Waals surface area (Å²) >= 11 is 0. The summed E-state index contributed by atoms with van der Waals surface area (Å²) in [5.41, 5.74) is 0.377. The minimum absolute atomic E-state index is 0.0116. The molecule has 6 rings (SSSR count). The summed E-state index contributed by atoms with van der Waals surface area (Å²) in [7, 11) is 0. The summed E-state index contributed by atoms with van der Waals surface area (Å²) < 4.78 is 40.8. The lowest BCUT2D eigenvalue weighted by molar-refractivity contribution is -0.126. The third kappa shape index (κ3) is 7.16. The summed E-state index contributed by atoms with van der Waals surface area (Å²) in [4.78, 5) is 43.1. The van der Waals surface area contributed by atoms with Crippen molar-refractivity contribution in [3.63, 3.8) is 0 Å². The summed E-state index contributed by atoms with van der Waals surface area (Å²) in [5.74, 6) is 0.777. The Hall–Kier alpha value is -4.07. The van der Waals surface area contributed by atoms with Crippen LogP contribution in [0.25, 0.3) is 16.9 Å². The van der Waals surface area contributed by atoms with Gasteiger partial charge in [0, 0.05) is 37.8 Å². The molecule has 1 aliphatic carbocycles. The van der Waals surface area contributed by atoms with Gasteiger partial charge in [-0.1, -0.05) is 12.1 Å². The van der Waals surface area contributed by atoms with Crippen molar-refractivity contribution < 1.29 is 27.8 Å². The number of hydrogen-bond donors (Lipinski definition) is 2. The quantitative estimate of drug-likeness (QED) is 0.374. The van der Waals surface area contributed by atoms with Gasteiger partial charge in [-0.3, -0.25) is 14.3 Å². The first-order valence-electron chi connectivity index (χ1n) is 16.1. The number of nitrogens with one attached hydrogen (secondary N) is 2. The fourth-order valence-corrected chi connectivity index (χ4v) is 6.41. The predicted molar refractivity (Wildman–Crippen MR) is 168 cm³/mol. The zero-order chi connectivity index (χ0) is 32.4. The Kier molecular flexibility index (Phi) is 9.25. The number of morpholine rings is 1. The van der Waals surface area contributed by atoms with Crippen LogP contribution in [0, 0.1) is 0 Å². The third-order valence-electron chi connectivity index (χ3n) is 8.61. The van der Waals surface area contributed by atoms with Crippen LogP contribution >= 0.6 is 0 Å². The molecule has 0 spiro atoms. The van der Waals surface area contributed by atoms with Crippen molar-refractivity contribution in [2.75, 3.05) is 43.1 Å². The number of alkyl halides is 2. The number of carbonyl (C=O) groups excluding carboxylic acids is 2. The van der Waals surface area contributed by atoms with Gasteiger partial charge in [0.1, 0.15) is 23.3 Å². The van der Waals surface area contributed by atoms with Crippen molar-refractivity contribution in [2.24, 2.45) is 0 Å². The average Bonchev–Trinajstić information content (AvgIpc) is 3.68. The number of nitrogens with zero attached hydrogens (tertiary/aromatic N) is 6. The van der Waals surface area contributed by atoms with E-state index in [9.17, 15) is 18.4 Å². The molecule has 3 aliphatic rings. The maximum absolute atomic E-state index is 14.2. The molecule has 46 heavy (non-hydrogen) atoms. The number of anilines is 2. The number of fused-ring (bicyclic) bond motifs is 1. The van der Waals surface area contributed by atoms with E-state index in [0.29, 0.717) is 67.9 Å². The van der Waals surface area contributed by atoms with Crippen LogP contribution < -0.4 is 15.5 Å². The number of amides is 2. The number of ether oxygens (including phenoxy) is 2. The highest BCUT2D eigenvalue weighted by molar-refractivity contribution is 5.86. The molecule has 2 aliphatic heterocycles. The minimum Gasteiger partial charge on any atom is -0.444 e. The molecule has 0 bridgehead atoms. The molecule has 2 amide bonds. The molecule has 2 N–H and O–H groups in total. The van der Waals surface area contributed by atoms with Crippen LogP contribution in [0.2, 0.25) is 0 Å². The first-order chi connectivity index (χ1) is 22.1. The molecule has 1 atom stereocenters. The summed E-state index contributed by atoms with van der Waals surface area (Å²) in [6.45, 7) is 8.18. The number of rotatable bonds is 7. The van der Waals surface area contributed by atoms with E-state index in [1.54, 1.807) is 30.3 Å². The standard InChI is InChI=1S/C32H42F2N8O4/c1-32(2,3)46-31(44)41-14-6-9-24(41)29(43)36-21-12-10-20(11-13-21)35-25-19-26(39-30(38-25)40-15-17-45-18-16-40)42-23-8-5-4-7-22(23)37-28(42)27(33)34/h4-5,7-8,19-21,24,27H,6,9-18H2,1-3H3,(H,36,43)(H,35,38,39)/t20-,21-,24-/m0/s1. The average molecular weight is 641 g/mol. The van der Waals surface area contributed by atoms with Gasteiger partial charge in [0.2, 0.25) is 11.9 Å². The van der Waals surface area contributed by atoms with Gasteiger partial charge >= 0.3 is 6.09 Å². The maximum atomic E-state index is 14.2. The molecular weight excluding hydrogens is 598 g/mol. The lowest BCUT2D eigenvalue weighted by Crippen LogP contribution is -2.50. The van der Waals surface area contributed by atoms with E-state index >= 15 is 0 Å². The van der Waals surface area contributed by atoms with Gasteiger partial charge in [-0.15, -0.1) is 0 Å². The van der Waals surface area contributed by atoms with Gasteiger partial charge in [0.15, 0.2) is 5.82 Å². The molecule has 1 aromatic carbocycles. The number of likely N-dealkylation sites (tertiary alicyclic amines) is 1. The van der Waals surface area contributed by atoms with Crippen molar-refractivity contribution in [3.05, 3.63) is 36.2 Å². The molecule has 0 unspecified atom stereocenters. The normalized spacial score (nSPS) is 22.3. The first-order valence-corrected chi connectivity index (χ1v) is 16.1. The van der Waals surface area contributed by atoms with Gasteiger partial charge in [0.05, 0.1) is 24.2 Å². The van der Waals surface area contributed by atoms with Crippen molar-refractivity contribution >= 4 is 34.8 Å². The Morgan fingerprint density at radius 3 is 2.41 bits per heavy atom. The Balaban J connectivity index is 1.15. The van der Waals surface area contributed by atoms with Crippen molar-refractivity contribution in [1.82, 2.24) is 29.7 Å². The number of imidazole rings is 1. The second kappa shape index (κ2) is 13.3. The molecule has 248 valence electrons. The third-order valence-corrected chi connectivity index (χ3v) is 8.61. The van der Waals surface area contributed by atoms with Crippen LogP contribution in [-0.4, -0.2) is 93.0 Å². The highest BCUT2D eigenvalue weighted by Gasteiger charge is 2.37. The van der Waals surface area contributed by atoms with E-state index in [1.165, 1.54) is 9.47 Å². The fourth-order valence-electron chi connectivity index (χ4n) is 6.41. The lowest BCUT2D eigenvalue weighted by atomic mass is 9.91. The van der Waals surface area contributed by atoms with Crippen LogP contribution in [0.4, 0.5) is 25.3 Å². The number of aromatic nitrogens is 4. The van der Waals surface area contributed by atoms with Crippen molar-refractivity contribution in [2.45, 2.75) is 89.4 Å². The molecule has 2 aromatic heterocycles. The second-order valence-electron chi connectivity index (χ2n) is 13.1. The first kappa shape index (κ1) is 31.9. The summed E-state index contributed by atoms with van der Waals surface area (Å²) in [5, 5.41) is 6.68. The zero-order valence-electron chi connectivity index (χ0n) is 26.5. The number of benzene rings is 1. The van der Waals surface area contributed by atoms with Crippen molar-refractivity contribution in [1.29, 1.82) is 0 Å². The smallest absolute Gasteiger partial charge is 0.410 e. The van der Waals surface area contributed by atoms with E-state index in [0.717, 1.165) is 32.1 Å². The van der Waals surface area contributed by atoms with E-state index < -0.39 is 24.2 Å². The summed E-state index contributed by atoms with van der Waals surface area (Å²) in [6.07, 6.45) is 1.16. The molecular formula is C32H42F2N8O4. The van der Waals surface area contributed by atoms with E-state index in [-0.39, 0.29) is 23.8 Å². The number of hydrogen-bond acceptors (Lipinski definition) is 9. The highest BCUT2D eigenvalue weighted by atomic mass is 19.3. The Bertz CT molecular complexity index is 1550. The number of para-hydroxylation sites is 2. The molecule has 3 fully saturated rings.